The van der Waals surface area contributed by atoms with Crippen LogP contribution in [0.1, 0.15) is 23.6 Å². The van der Waals surface area contributed by atoms with Crippen molar-refractivity contribution in [3.63, 3.8) is 0 Å². The highest BCUT2D eigenvalue weighted by Gasteiger charge is 2.17. The van der Waals surface area contributed by atoms with E-state index >= 15 is 0 Å². The molecule has 0 radical (unpaired) electrons. The highest BCUT2D eigenvalue weighted by molar-refractivity contribution is 7.89. The average molecular weight is 481 g/mol. The summed E-state index contributed by atoms with van der Waals surface area (Å²) in [5.41, 5.74) is 3.44. The van der Waals surface area contributed by atoms with E-state index in [1.54, 1.807) is 30.6 Å². The number of benzene rings is 3. The Morgan fingerprint density at radius 3 is 2.44 bits per heavy atom. The molecule has 2 N–H and O–H groups in total. The molecule has 9 heteroatoms. The minimum absolute atomic E-state index is 0.161. The molecule has 1 heterocycles. The molecule has 4 rings (SSSR count). The Morgan fingerprint density at radius 2 is 1.74 bits per heavy atom. The van der Waals surface area contributed by atoms with Gasteiger partial charge in [0.05, 0.1) is 28.3 Å². The van der Waals surface area contributed by atoms with Gasteiger partial charge in [-0.3, -0.25) is 4.79 Å². The standard InChI is InChI=1S/C25H25FN4O3S/c1-27-34(32,33)21-13-6-18(7-14-21)8-15-25(31)29-23(19-9-11-20(26)12-10-19)16-30-17-28-22-4-2-3-5-24(22)30/h2-7,9-14,17,23,27H,8,15-16H2,1H3,(H,29,31). The number of sulfonamides is 1. The van der Waals surface area contributed by atoms with Crippen LogP contribution in [-0.2, 0) is 27.8 Å². The van der Waals surface area contributed by atoms with Gasteiger partial charge in [-0.25, -0.2) is 22.5 Å². The van der Waals surface area contributed by atoms with Crippen molar-refractivity contribution in [2.45, 2.75) is 30.3 Å². The predicted octanol–water partition coefficient (Wildman–Crippen LogP) is 3.57. The molecule has 1 aromatic heterocycles. The number of halogens is 1. The van der Waals surface area contributed by atoms with Gasteiger partial charge < -0.3 is 9.88 Å². The lowest BCUT2D eigenvalue weighted by atomic mass is 10.1. The van der Waals surface area contributed by atoms with Crippen LogP contribution in [0.3, 0.4) is 0 Å². The minimum atomic E-state index is -3.50. The van der Waals surface area contributed by atoms with E-state index < -0.39 is 10.0 Å². The van der Waals surface area contributed by atoms with Gasteiger partial charge in [0.2, 0.25) is 15.9 Å². The molecule has 176 valence electrons. The van der Waals surface area contributed by atoms with Crippen LogP contribution >= 0.6 is 0 Å². The number of fused-ring (bicyclic) bond motifs is 1. The van der Waals surface area contributed by atoms with Gasteiger partial charge in [-0.05, 0) is 61.0 Å². The molecule has 0 spiro atoms. The summed E-state index contributed by atoms with van der Waals surface area (Å²) in [6.45, 7) is 0.439. The summed E-state index contributed by atoms with van der Waals surface area (Å²) in [6.07, 6.45) is 2.41. The van der Waals surface area contributed by atoms with Crippen LogP contribution in [0.5, 0.6) is 0 Å². The fraction of sp³-hybridized carbons (Fsp3) is 0.200. The number of rotatable bonds is 9. The van der Waals surface area contributed by atoms with Crippen molar-refractivity contribution in [2.24, 2.45) is 0 Å². The van der Waals surface area contributed by atoms with E-state index in [-0.39, 0.29) is 29.1 Å². The van der Waals surface area contributed by atoms with Crippen LogP contribution in [0, 0.1) is 5.82 Å². The Bertz CT molecular complexity index is 1380. The molecular weight excluding hydrogens is 455 g/mol. The van der Waals surface area contributed by atoms with E-state index in [4.69, 9.17) is 0 Å². The second kappa shape index (κ2) is 10.1. The highest BCUT2D eigenvalue weighted by Crippen LogP contribution is 2.20. The molecule has 3 aromatic carbocycles. The molecule has 1 atom stereocenters. The number of imidazole rings is 1. The lowest BCUT2D eigenvalue weighted by molar-refractivity contribution is -0.121. The maximum absolute atomic E-state index is 13.5. The van der Waals surface area contributed by atoms with Gasteiger partial charge in [0.25, 0.3) is 0 Å². The molecule has 34 heavy (non-hydrogen) atoms. The van der Waals surface area contributed by atoms with Crippen LogP contribution in [0.15, 0.2) is 84.0 Å². The molecule has 0 bridgehead atoms. The normalized spacial score (nSPS) is 12.5. The second-order valence-corrected chi connectivity index (χ2v) is 9.80. The molecule has 4 aromatic rings. The van der Waals surface area contributed by atoms with E-state index in [1.807, 2.05) is 28.8 Å². The first-order valence-electron chi connectivity index (χ1n) is 10.8. The van der Waals surface area contributed by atoms with Gasteiger partial charge in [-0.15, -0.1) is 0 Å². The minimum Gasteiger partial charge on any atom is -0.347 e. The lowest BCUT2D eigenvalue weighted by Crippen LogP contribution is -2.31. The molecule has 0 saturated heterocycles. The van der Waals surface area contributed by atoms with Gasteiger partial charge in [0.15, 0.2) is 0 Å². The molecule has 0 saturated carbocycles. The Hall–Kier alpha value is -3.56. The number of nitrogens with one attached hydrogen (secondary N) is 2. The summed E-state index contributed by atoms with van der Waals surface area (Å²) >= 11 is 0. The summed E-state index contributed by atoms with van der Waals surface area (Å²) < 4.78 is 41.5. The van der Waals surface area contributed by atoms with Gasteiger partial charge in [-0.2, -0.15) is 0 Å². The fourth-order valence-electron chi connectivity index (χ4n) is 3.76. The fourth-order valence-corrected chi connectivity index (χ4v) is 4.49. The number of para-hydroxylation sites is 2. The number of carbonyl (C=O) groups is 1. The first-order chi connectivity index (χ1) is 16.4. The van der Waals surface area contributed by atoms with Crippen LogP contribution in [0.25, 0.3) is 11.0 Å². The first-order valence-corrected chi connectivity index (χ1v) is 12.3. The molecule has 0 aliphatic heterocycles. The van der Waals surface area contributed by atoms with E-state index in [1.165, 1.54) is 31.3 Å². The van der Waals surface area contributed by atoms with Gasteiger partial charge in [-0.1, -0.05) is 36.4 Å². The zero-order valence-corrected chi connectivity index (χ0v) is 19.4. The maximum Gasteiger partial charge on any atom is 0.240 e. The Labute approximate surface area is 197 Å². The summed E-state index contributed by atoms with van der Waals surface area (Å²) in [6, 6.07) is 19.9. The average Bonchev–Trinajstić information content (AvgIpc) is 3.26. The molecule has 1 amide bonds. The van der Waals surface area contributed by atoms with Crippen LogP contribution in [-0.4, -0.2) is 30.9 Å². The number of aromatic nitrogens is 2. The van der Waals surface area contributed by atoms with E-state index in [0.29, 0.717) is 13.0 Å². The molecule has 0 fully saturated rings. The van der Waals surface area contributed by atoms with Crippen molar-refractivity contribution < 1.29 is 17.6 Å². The second-order valence-electron chi connectivity index (χ2n) is 7.91. The molecule has 0 aliphatic rings. The Morgan fingerprint density at radius 1 is 1.03 bits per heavy atom. The third-order valence-electron chi connectivity index (χ3n) is 5.66. The molecular formula is C25H25FN4O3S. The Kier molecular flexibility index (Phi) is 7.04. The lowest BCUT2D eigenvalue weighted by Gasteiger charge is -2.20. The predicted molar refractivity (Wildman–Crippen MR) is 128 cm³/mol. The zero-order valence-electron chi connectivity index (χ0n) is 18.6. The number of aryl methyl sites for hydroxylation is 1. The largest absolute Gasteiger partial charge is 0.347 e. The number of hydrogen-bond donors (Lipinski definition) is 2. The monoisotopic (exact) mass is 480 g/mol. The maximum atomic E-state index is 13.5. The summed E-state index contributed by atoms with van der Waals surface area (Å²) in [7, 11) is -2.14. The van der Waals surface area contributed by atoms with Crippen molar-refractivity contribution in [1.82, 2.24) is 19.6 Å². The number of hydrogen-bond acceptors (Lipinski definition) is 4. The molecule has 7 nitrogen and oxygen atoms in total. The zero-order chi connectivity index (χ0) is 24.1. The van der Waals surface area contributed by atoms with Gasteiger partial charge in [0, 0.05) is 13.0 Å². The van der Waals surface area contributed by atoms with Crippen molar-refractivity contribution in [3.8, 4) is 0 Å². The molecule has 0 aliphatic carbocycles. The molecule has 1 unspecified atom stereocenters. The topological polar surface area (TPSA) is 93.1 Å². The van der Waals surface area contributed by atoms with Gasteiger partial charge in [0.1, 0.15) is 5.82 Å². The summed E-state index contributed by atoms with van der Waals surface area (Å²) in [5, 5.41) is 3.05. The van der Waals surface area contributed by atoms with E-state index in [9.17, 15) is 17.6 Å². The third kappa shape index (κ3) is 5.49. The SMILES string of the molecule is CNS(=O)(=O)c1ccc(CCC(=O)NC(Cn2cnc3ccccc32)c2ccc(F)cc2)cc1. The van der Waals surface area contributed by atoms with Crippen LogP contribution < -0.4 is 10.0 Å². The highest BCUT2D eigenvalue weighted by atomic mass is 32.2. The number of nitrogens with zero attached hydrogens (tertiary/aromatic N) is 2. The summed E-state index contributed by atoms with van der Waals surface area (Å²) in [4.78, 5) is 17.4. The third-order valence-corrected chi connectivity index (χ3v) is 7.09. The smallest absolute Gasteiger partial charge is 0.240 e. The first kappa shape index (κ1) is 23.6. The van der Waals surface area contributed by atoms with E-state index in [2.05, 4.69) is 15.0 Å². The van der Waals surface area contributed by atoms with Crippen LogP contribution in [0.4, 0.5) is 4.39 Å². The summed E-state index contributed by atoms with van der Waals surface area (Å²) in [5.74, 6) is -0.503. The van der Waals surface area contributed by atoms with E-state index in [0.717, 1.165) is 22.2 Å². The number of carbonyl (C=O) groups excluding carboxylic acids is 1. The van der Waals surface area contributed by atoms with Gasteiger partial charge >= 0.3 is 0 Å². The quantitative estimate of drug-likeness (QED) is 0.383. The Balaban J connectivity index is 1.46. The van der Waals surface area contributed by atoms with Crippen molar-refractivity contribution in [3.05, 3.63) is 96.1 Å². The van der Waals surface area contributed by atoms with Crippen molar-refractivity contribution >= 4 is 27.0 Å². The van der Waals surface area contributed by atoms with Crippen LogP contribution in [0.2, 0.25) is 0 Å². The van der Waals surface area contributed by atoms with Crippen molar-refractivity contribution in [1.29, 1.82) is 0 Å². The van der Waals surface area contributed by atoms with Crippen molar-refractivity contribution in [2.75, 3.05) is 7.05 Å². The number of amides is 1.